The minimum absolute atomic E-state index is 0.0749. The minimum atomic E-state index is -0.449. The second kappa shape index (κ2) is 6.58. The van der Waals surface area contributed by atoms with E-state index in [9.17, 15) is 0 Å². The van der Waals surface area contributed by atoms with Gasteiger partial charge in [-0.05, 0) is 12.8 Å². The Morgan fingerprint density at radius 2 is 2.07 bits per heavy atom. The maximum Gasteiger partial charge on any atom is 0.191 e. The van der Waals surface area contributed by atoms with E-state index in [1.165, 1.54) is 6.42 Å². The maximum atomic E-state index is 6.04. The molecule has 90 valence electrons. The fraction of sp³-hybridized carbons (Fsp3) is 1.00. The lowest BCUT2D eigenvalue weighted by atomic mass is 10.1. The van der Waals surface area contributed by atoms with Crippen LogP contribution in [0.5, 0.6) is 0 Å². The average molecular weight is 344 g/mol. The normalized spacial score (nSPS) is 31.4. The van der Waals surface area contributed by atoms with Gasteiger partial charge >= 0.3 is 0 Å². The predicted octanol–water partition coefficient (Wildman–Crippen LogP) is 4.20. The molecule has 0 radical (unpaired) electrons. The number of unbranched alkanes of at least 4 members (excludes halogenated alkanes) is 1. The summed E-state index contributed by atoms with van der Waals surface area (Å²) in [5.41, 5.74) is 0. The van der Waals surface area contributed by atoms with Gasteiger partial charge in [0.1, 0.15) is 3.74 Å². The van der Waals surface area contributed by atoms with Gasteiger partial charge in [-0.25, -0.2) is 0 Å². The van der Waals surface area contributed by atoms with Crippen LogP contribution in [0.3, 0.4) is 0 Å². The summed E-state index contributed by atoms with van der Waals surface area (Å²) in [5.74, 6) is -0.449. The standard InChI is InChI=1S/C11H20Br2O2/c1-3-5-7-11(10(12)13)14-8-9(15-11)6-4-2/h9-10H,3-8H2,1-2H3. The molecule has 1 saturated heterocycles. The van der Waals surface area contributed by atoms with Gasteiger partial charge < -0.3 is 9.47 Å². The Morgan fingerprint density at radius 1 is 1.33 bits per heavy atom. The first kappa shape index (κ1) is 13.9. The lowest BCUT2D eigenvalue weighted by molar-refractivity contribution is -0.159. The molecule has 0 aromatic rings. The van der Waals surface area contributed by atoms with Crippen molar-refractivity contribution in [3.05, 3.63) is 0 Å². The van der Waals surface area contributed by atoms with Gasteiger partial charge in [0, 0.05) is 6.42 Å². The SMILES string of the molecule is CCCCC1(C(Br)Br)OCC(CCC)O1. The summed E-state index contributed by atoms with van der Waals surface area (Å²) in [4.78, 5) is 0. The Morgan fingerprint density at radius 3 is 2.60 bits per heavy atom. The molecule has 1 aliphatic heterocycles. The van der Waals surface area contributed by atoms with Crippen LogP contribution < -0.4 is 0 Å². The second-order valence-electron chi connectivity index (χ2n) is 4.06. The van der Waals surface area contributed by atoms with Crippen LogP contribution in [0.2, 0.25) is 0 Å². The number of ether oxygens (including phenoxy) is 2. The van der Waals surface area contributed by atoms with Gasteiger partial charge in [0.2, 0.25) is 0 Å². The highest BCUT2D eigenvalue weighted by Crippen LogP contribution is 2.39. The van der Waals surface area contributed by atoms with Gasteiger partial charge in [-0.3, -0.25) is 0 Å². The molecule has 0 bridgehead atoms. The molecular weight excluding hydrogens is 324 g/mol. The zero-order chi connectivity index (χ0) is 11.3. The molecule has 2 nitrogen and oxygen atoms in total. The number of hydrogen-bond acceptors (Lipinski definition) is 2. The molecule has 0 saturated carbocycles. The molecule has 0 aromatic heterocycles. The zero-order valence-electron chi connectivity index (χ0n) is 9.47. The summed E-state index contributed by atoms with van der Waals surface area (Å²) in [6, 6.07) is 0. The van der Waals surface area contributed by atoms with E-state index < -0.39 is 5.79 Å². The summed E-state index contributed by atoms with van der Waals surface area (Å²) in [7, 11) is 0. The van der Waals surface area contributed by atoms with E-state index in [1.54, 1.807) is 0 Å². The smallest absolute Gasteiger partial charge is 0.191 e. The number of rotatable bonds is 6. The number of hydrogen-bond donors (Lipinski definition) is 0. The Balaban J connectivity index is 2.52. The highest BCUT2D eigenvalue weighted by atomic mass is 79.9. The molecule has 15 heavy (non-hydrogen) atoms. The third-order valence-corrected chi connectivity index (χ3v) is 4.10. The monoisotopic (exact) mass is 342 g/mol. The van der Waals surface area contributed by atoms with E-state index in [1.807, 2.05) is 0 Å². The maximum absolute atomic E-state index is 6.04. The van der Waals surface area contributed by atoms with Crippen LogP contribution in [0.25, 0.3) is 0 Å². The minimum Gasteiger partial charge on any atom is -0.345 e. The van der Waals surface area contributed by atoms with Crippen molar-refractivity contribution in [3.8, 4) is 0 Å². The summed E-state index contributed by atoms with van der Waals surface area (Å²) in [6.07, 6.45) is 5.74. The lowest BCUT2D eigenvalue weighted by Crippen LogP contribution is -2.37. The Kier molecular flexibility index (Phi) is 6.11. The molecule has 1 heterocycles. The molecule has 4 heteroatoms. The predicted molar refractivity (Wildman–Crippen MR) is 69.6 cm³/mol. The molecule has 2 atom stereocenters. The van der Waals surface area contributed by atoms with E-state index in [0.29, 0.717) is 0 Å². The van der Waals surface area contributed by atoms with Crippen LogP contribution in [-0.4, -0.2) is 22.2 Å². The van der Waals surface area contributed by atoms with Gasteiger partial charge in [0.05, 0.1) is 12.7 Å². The quantitative estimate of drug-likeness (QED) is 0.673. The van der Waals surface area contributed by atoms with E-state index in [4.69, 9.17) is 9.47 Å². The zero-order valence-corrected chi connectivity index (χ0v) is 12.6. The van der Waals surface area contributed by atoms with Gasteiger partial charge in [-0.2, -0.15) is 0 Å². The summed E-state index contributed by atoms with van der Waals surface area (Å²) < 4.78 is 12.0. The van der Waals surface area contributed by atoms with E-state index in [2.05, 4.69) is 45.7 Å². The topological polar surface area (TPSA) is 18.5 Å². The molecule has 1 aliphatic rings. The molecular formula is C11H20Br2O2. The summed E-state index contributed by atoms with van der Waals surface area (Å²) >= 11 is 7.07. The average Bonchev–Trinajstić information content (AvgIpc) is 2.61. The van der Waals surface area contributed by atoms with Crippen LogP contribution >= 0.6 is 31.9 Å². The van der Waals surface area contributed by atoms with E-state index in [0.717, 1.165) is 32.3 Å². The van der Waals surface area contributed by atoms with Crippen LogP contribution in [-0.2, 0) is 9.47 Å². The number of alkyl halides is 2. The lowest BCUT2D eigenvalue weighted by Gasteiger charge is -2.29. The van der Waals surface area contributed by atoms with Gasteiger partial charge in [-0.15, -0.1) is 0 Å². The molecule has 0 aromatic carbocycles. The molecule has 2 unspecified atom stereocenters. The van der Waals surface area contributed by atoms with Crippen LogP contribution in [0, 0.1) is 0 Å². The third-order valence-electron chi connectivity index (χ3n) is 2.70. The Labute approximate surface area is 109 Å². The van der Waals surface area contributed by atoms with E-state index in [-0.39, 0.29) is 9.84 Å². The van der Waals surface area contributed by atoms with Crippen molar-refractivity contribution in [3.63, 3.8) is 0 Å². The van der Waals surface area contributed by atoms with Crippen molar-refractivity contribution in [2.75, 3.05) is 6.61 Å². The largest absolute Gasteiger partial charge is 0.345 e. The highest BCUT2D eigenvalue weighted by molar-refractivity contribution is 9.24. The fourth-order valence-electron chi connectivity index (χ4n) is 1.83. The number of halogens is 2. The van der Waals surface area contributed by atoms with Crippen molar-refractivity contribution < 1.29 is 9.47 Å². The van der Waals surface area contributed by atoms with Crippen molar-refractivity contribution in [2.24, 2.45) is 0 Å². The van der Waals surface area contributed by atoms with Gasteiger partial charge in [0.15, 0.2) is 5.79 Å². The first-order chi connectivity index (χ1) is 7.14. The van der Waals surface area contributed by atoms with Crippen LogP contribution in [0.15, 0.2) is 0 Å². The fourth-order valence-corrected chi connectivity index (χ4v) is 2.76. The van der Waals surface area contributed by atoms with E-state index >= 15 is 0 Å². The Bertz CT molecular complexity index is 187. The van der Waals surface area contributed by atoms with Gasteiger partial charge in [-0.1, -0.05) is 58.5 Å². The van der Waals surface area contributed by atoms with Crippen molar-refractivity contribution in [1.82, 2.24) is 0 Å². The molecule has 0 N–H and O–H groups in total. The second-order valence-corrected chi connectivity index (χ2v) is 7.12. The molecule has 1 rings (SSSR count). The summed E-state index contributed by atoms with van der Waals surface area (Å²) in [5, 5.41) is 0. The van der Waals surface area contributed by atoms with Crippen LogP contribution in [0.1, 0.15) is 46.0 Å². The van der Waals surface area contributed by atoms with Crippen LogP contribution in [0.4, 0.5) is 0 Å². The first-order valence-corrected chi connectivity index (χ1v) is 7.57. The Hall–Kier alpha value is 0.880. The van der Waals surface area contributed by atoms with Crippen molar-refractivity contribution in [1.29, 1.82) is 0 Å². The first-order valence-electron chi connectivity index (χ1n) is 5.74. The molecule has 0 aliphatic carbocycles. The molecule has 1 fully saturated rings. The summed E-state index contributed by atoms with van der Waals surface area (Å²) in [6.45, 7) is 5.09. The van der Waals surface area contributed by atoms with Crippen molar-refractivity contribution in [2.45, 2.75) is 61.6 Å². The van der Waals surface area contributed by atoms with Crippen molar-refractivity contribution >= 4 is 31.9 Å². The van der Waals surface area contributed by atoms with Gasteiger partial charge in [0.25, 0.3) is 0 Å². The molecule has 0 spiro atoms. The molecule has 0 amide bonds. The third kappa shape index (κ3) is 3.69. The highest BCUT2D eigenvalue weighted by Gasteiger charge is 2.45.